The van der Waals surface area contributed by atoms with E-state index in [0.717, 1.165) is 11.1 Å². The van der Waals surface area contributed by atoms with Gasteiger partial charge in [0.1, 0.15) is 0 Å². The van der Waals surface area contributed by atoms with E-state index >= 15 is 0 Å². The Bertz CT molecular complexity index is 559. The molecular weight excluding hydrogens is 286 g/mol. The molecule has 6 heteroatoms. The molecule has 1 aromatic rings. The highest BCUT2D eigenvalue weighted by Gasteiger charge is 2.29. The molecule has 1 aliphatic rings. The standard InChI is InChI=1S/C13H18ClNO3S/c1-10-3-4-13(7-12(10)8-14)19(16,17)15-5-6-18-11(2)9-15/h3-4,7,11H,5-6,8-9H2,1-2H3. The van der Waals surface area contributed by atoms with E-state index in [9.17, 15) is 8.42 Å². The van der Waals surface area contributed by atoms with Crippen LogP contribution in [0.1, 0.15) is 18.1 Å². The molecule has 0 aromatic heterocycles. The van der Waals surface area contributed by atoms with Crippen molar-refractivity contribution in [1.29, 1.82) is 0 Å². The lowest BCUT2D eigenvalue weighted by Gasteiger charge is -2.30. The minimum Gasteiger partial charge on any atom is -0.376 e. The van der Waals surface area contributed by atoms with Gasteiger partial charge in [0.2, 0.25) is 10.0 Å². The Morgan fingerprint density at radius 3 is 2.84 bits per heavy atom. The van der Waals surface area contributed by atoms with E-state index in [4.69, 9.17) is 16.3 Å². The SMILES string of the molecule is Cc1ccc(S(=O)(=O)N2CCOC(C)C2)cc1CCl. The maximum Gasteiger partial charge on any atom is 0.243 e. The van der Waals surface area contributed by atoms with Gasteiger partial charge in [-0.1, -0.05) is 6.07 Å². The van der Waals surface area contributed by atoms with Gasteiger partial charge in [-0.2, -0.15) is 4.31 Å². The van der Waals surface area contributed by atoms with Crippen LogP contribution in [0, 0.1) is 6.92 Å². The average molecular weight is 304 g/mol. The van der Waals surface area contributed by atoms with Gasteiger partial charge < -0.3 is 4.74 Å². The summed E-state index contributed by atoms with van der Waals surface area (Å²) in [5, 5.41) is 0. The second-order valence-corrected chi connectivity index (χ2v) is 6.97. The van der Waals surface area contributed by atoms with Crippen molar-refractivity contribution in [2.24, 2.45) is 0 Å². The summed E-state index contributed by atoms with van der Waals surface area (Å²) >= 11 is 5.83. The number of nitrogens with zero attached hydrogens (tertiary/aromatic N) is 1. The predicted molar refractivity (Wildman–Crippen MR) is 74.9 cm³/mol. The van der Waals surface area contributed by atoms with Crippen molar-refractivity contribution in [2.45, 2.75) is 30.7 Å². The van der Waals surface area contributed by atoms with Crippen LogP contribution < -0.4 is 0 Å². The quantitative estimate of drug-likeness (QED) is 0.804. The largest absolute Gasteiger partial charge is 0.376 e. The molecule has 1 aliphatic heterocycles. The zero-order chi connectivity index (χ0) is 14.0. The molecule has 0 amide bonds. The Balaban J connectivity index is 2.33. The van der Waals surface area contributed by atoms with Crippen molar-refractivity contribution >= 4 is 21.6 Å². The van der Waals surface area contributed by atoms with Crippen molar-refractivity contribution in [3.63, 3.8) is 0 Å². The zero-order valence-corrected chi connectivity index (χ0v) is 12.7. The summed E-state index contributed by atoms with van der Waals surface area (Å²) in [5.74, 6) is 0.314. The van der Waals surface area contributed by atoms with Gasteiger partial charge in [0.15, 0.2) is 0 Å². The van der Waals surface area contributed by atoms with Crippen LogP contribution in [0.5, 0.6) is 0 Å². The molecule has 1 atom stereocenters. The number of ether oxygens (including phenoxy) is 1. The van der Waals surface area contributed by atoms with Crippen LogP contribution >= 0.6 is 11.6 Å². The number of hydrogen-bond acceptors (Lipinski definition) is 3. The fourth-order valence-corrected chi connectivity index (χ4v) is 3.94. The number of rotatable bonds is 3. The molecule has 106 valence electrons. The number of halogens is 1. The molecule has 1 unspecified atom stereocenters. The minimum atomic E-state index is -3.45. The molecule has 2 rings (SSSR count). The Kier molecular flexibility index (Phi) is 4.50. The molecule has 0 radical (unpaired) electrons. The lowest BCUT2D eigenvalue weighted by molar-refractivity contribution is 0.0102. The third-order valence-electron chi connectivity index (χ3n) is 3.31. The number of morpholine rings is 1. The molecule has 0 N–H and O–H groups in total. The van der Waals surface area contributed by atoms with E-state index in [1.54, 1.807) is 18.2 Å². The van der Waals surface area contributed by atoms with Crippen LogP contribution in [-0.2, 0) is 20.6 Å². The summed E-state index contributed by atoms with van der Waals surface area (Å²) in [5.41, 5.74) is 1.85. The summed E-state index contributed by atoms with van der Waals surface area (Å²) in [7, 11) is -3.45. The zero-order valence-electron chi connectivity index (χ0n) is 11.1. The number of sulfonamides is 1. The second-order valence-electron chi connectivity index (χ2n) is 4.77. The number of aryl methyl sites for hydroxylation is 1. The predicted octanol–water partition coefficient (Wildman–Crippen LogP) is 2.14. The fraction of sp³-hybridized carbons (Fsp3) is 0.538. The molecule has 1 saturated heterocycles. The van der Waals surface area contributed by atoms with Crippen LogP contribution in [0.3, 0.4) is 0 Å². The molecule has 19 heavy (non-hydrogen) atoms. The molecule has 0 saturated carbocycles. The molecule has 1 heterocycles. The van der Waals surface area contributed by atoms with Crippen molar-refractivity contribution < 1.29 is 13.2 Å². The van der Waals surface area contributed by atoms with E-state index in [1.165, 1.54) is 4.31 Å². The van der Waals surface area contributed by atoms with Crippen LogP contribution in [-0.4, -0.2) is 38.5 Å². The molecular formula is C13H18ClNO3S. The van der Waals surface area contributed by atoms with E-state index < -0.39 is 10.0 Å². The molecule has 1 fully saturated rings. The highest BCUT2D eigenvalue weighted by Crippen LogP contribution is 2.22. The van der Waals surface area contributed by atoms with E-state index in [2.05, 4.69) is 0 Å². The first-order valence-corrected chi connectivity index (χ1v) is 8.20. The summed E-state index contributed by atoms with van der Waals surface area (Å²) in [6.45, 7) is 5.03. The highest BCUT2D eigenvalue weighted by atomic mass is 35.5. The third-order valence-corrected chi connectivity index (χ3v) is 5.46. The van der Waals surface area contributed by atoms with Gasteiger partial charge in [0.05, 0.1) is 17.6 Å². The summed E-state index contributed by atoms with van der Waals surface area (Å²) in [6.07, 6.45) is -0.0681. The Labute approximate surface area is 119 Å². The molecule has 1 aromatic carbocycles. The van der Waals surface area contributed by atoms with Gasteiger partial charge >= 0.3 is 0 Å². The van der Waals surface area contributed by atoms with Gasteiger partial charge in [-0.3, -0.25) is 0 Å². The Hall–Kier alpha value is -0.620. The smallest absolute Gasteiger partial charge is 0.243 e. The first kappa shape index (κ1) is 14.8. The van der Waals surface area contributed by atoms with Crippen molar-refractivity contribution in [3.05, 3.63) is 29.3 Å². The third kappa shape index (κ3) is 3.11. The maximum atomic E-state index is 12.5. The second kappa shape index (κ2) is 5.79. The van der Waals surface area contributed by atoms with Gasteiger partial charge in [-0.05, 0) is 37.1 Å². The van der Waals surface area contributed by atoms with Crippen molar-refractivity contribution in [2.75, 3.05) is 19.7 Å². The van der Waals surface area contributed by atoms with E-state index in [-0.39, 0.29) is 6.10 Å². The normalized spacial score (nSPS) is 21.5. The lowest BCUT2D eigenvalue weighted by atomic mass is 10.1. The maximum absolute atomic E-state index is 12.5. The highest BCUT2D eigenvalue weighted by molar-refractivity contribution is 7.89. The Morgan fingerprint density at radius 1 is 1.47 bits per heavy atom. The van der Waals surface area contributed by atoms with Crippen LogP contribution in [0.15, 0.2) is 23.1 Å². The lowest BCUT2D eigenvalue weighted by Crippen LogP contribution is -2.44. The van der Waals surface area contributed by atoms with Gasteiger partial charge in [-0.25, -0.2) is 8.42 Å². The minimum absolute atomic E-state index is 0.0681. The monoisotopic (exact) mass is 303 g/mol. The van der Waals surface area contributed by atoms with E-state index in [1.807, 2.05) is 13.8 Å². The van der Waals surface area contributed by atoms with Gasteiger partial charge in [-0.15, -0.1) is 11.6 Å². The fourth-order valence-electron chi connectivity index (χ4n) is 2.11. The number of benzene rings is 1. The van der Waals surface area contributed by atoms with Crippen LogP contribution in [0.4, 0.5) is 0 Å². The summed E-state index contributed by atoms with van der Waals surface area (Å²) in [4.78, 5) is 0.308. The Morgan fingerprint density at radius 2 is 2.21 bits per heavy atom. The number of alkyl halides is 1. The van der Waals surface area contributed by atoms with Crippen LogP contribution in [0.25, 0.3) is 0 Å². The van der Waals surface area contributed by atoms with Crippen LogP contribution in [0.2, 0.25) is 0 Å². The molecule has 0 aliphatic carbocycles. The molecule has 0 bridgehead atoms. The van der Waals surface area contributed by atoms with Gasteiger partial charge in [0.25, 0.3) is 0 Å². The first-order valence-electron chi connectivity index (χ1n) is 6.22. The topological polar surface area (TPSA) is 46.6 Å². The average Bonchev–Trinajstić information content (AvgIpc) is 2.39. The molecule has 4 nitrogen and oxygen atoms in total. The number of hydrogen-bond donors (Lipinski definition) is 0. The molecule has 0 spiro atoms. The van der Waals surface area contributed by atoms with E-state index in [0.29, 0.717) is 30.5 Å². The summed E-state index contributed by atoms with van der Waals surface area (Å²) in [6, 6.07) is 5.10. The van der Waals surface area contributed by atoms with Gasteiger partial charge in [0, 0.05) is 19.0 Å². The summed E-state index contributed by atoms with van der Waals surface area (Å²) < 4.78 is 31.9. The van der Waals surface area contributed by atoms with Crippen molar-refractivity contribution in [3.8, 4) is 0 Å². The first-order chi connectivity index (χ1) is 8.95. The van der Waals surface area contributed by atoms with Crippen molar-refractivity contribution in [1.82, 2.24) is 4.31 Å².